The molecule has 0 aliphatic rings. The molecule has 0 fully saturated rings. The minimum atomic E-state index is 0.0643. The molecule has 0 amide bonds. The smallest absolute Gasteiger partial charge is 0.239 e. The van der Waals surface area contributed by atoms with Gasteiger partial charge in [-0.3, -0.25) is 0 Å². The minimum absolute atomic E-state index is 0.0643. The highest BCUT2D eigenvalue weighted by molar-refractivity contribution is 5.53. The molecule has 0 aliphatic heterocycles. The van der Waals surface area contributed by atoms with Gasteiger partial charge in [-0.15, -0.1) is 0 Å². The Balaban J connectivity index is 2.85. The maximum Gasteiger partial charge on any atom is 0.239 e. The first-order chi connectivity index (χ1) is 6.99. The molecule has 84 valence electrons. The van der Waals surface area contributed by atoms with Crippen LogP contribution in [0.15, 0.2) is 12.1 Å². The van der Waals surface area contributed by atoms with Crippen LogP contribution in [-0.2, 0) is 0 Å². The van der Waals surface area contributed by atoms with Gasteiger partial charge in [0.15, 0.2) is 0 Å². The summed E-state index contributed by atoms with van der Waals surface area (Å²) in [6, 6.07) is 3.58. The minimum Gasteiger partial charge on any atom is -0.473 e. The van der Waals surface area contributed by atoms with Crippen LogP contribution in [0.25, 0.3) is 0 Å². The fourth-order valence-corrected chi connectivity index (χ4v) is 1.06. The Labute approximate surface area is 90.2 Å². The molecule has 1 heterocycles. The van der Waals surface area contributed by atoms with Crippen LogP contribution in [0.1, 0.15) is 13.8 Å². The standard InChI is InChI=1S/C10H18N4O/c1-7(2)15-10-8(11)5-6-9(12-10)13-14(3)4/h5-7H,11H2,1-4H3,(H,12,13). The average Bonchev–Trinajstić information content (AvgIpc) is 2.09. The largest absolute Gasteiger partial charge is 0.473 e. The number of nitrogens with zero attached hydrogens (tertiary/aromatic N) is 2. The summed E-state index contributed by atoms with van der Waals surface area (Å²) in [6.07, 6.45) is 0.0643. The van der Waals surface area contributed by atoms with Crippen molar-refractivity contribution in [1.29, 1.82) is 0 Å². The molecule has 3 N–H and O–H groups in total. The van der Waals surface area contributed by atoms with E-state index in [0.717, 1.165) is 0 Å². The van der Waals surface area contributed by atoms with Gasteiger partial charge in [-0.25, -0.2) is 5.01 Å². The van der Waals surface area contributed by atoms with E-state index in [1.807, 2.05) is 34.0 Å². The monoisotopic (exact) mass is 210 g/mol. The highest BCUT2D eigenvalue weighted by Crippen LogP contribution is 2.21. The quantitative estimate of drug-likeness (QED) is 0.734. The third-order valence-electron chi connectivity index (χ3n) is 1.58. The SMILES string of the molecule is CC(C)Oc1nc(NN(C)C)ccc1N. The van der Waals surface area contributed by atoms with Crippen molar-refractivity contribution in [2.75, 3.05) is 25.3 Å². The van der Waals surface area contributed by atoms with Crippen LogP contribution < -0.4 is 15.9 Å². The van der Waals surface area contributed by atoms with Crippen LogP contribution in [0, 0.1) is 0 Å². The van der Waals surface area contributed by atoms with Gasteiger partial charge in [-0.05, 0) is 26.0 Å². The van der Waals surface area contributed by atoms with E-state index in [1.54, 1.807) is 11.1 Å². The molecule has 5 nitrogen and oxygen atoms in total. The van der Waals surface area contributed by atoms with Crippen LogP contribution in [-0.4, -0.2) is 30.2 Å². The Bertz CT molecular complexity index is 325. The molecular formula is C10H18N4O. The van der Waals surface area contributed by atoms with E-state index in [9.17, 15) is 0 Å². The zero-order chi connectivity index (χ0) is 11.4. The number of nitrogens with one attached hydrogen (secondary N) is 1. The van der Waals surface area contributed by atoms with E-state index in [4.69, 9.17) is 10.5 Å². The summed E-state index contributed by atoms with van der Waals surface area (Å²) < 4.78 is 5.47. The van der Waals surface area contributed by atoms with Crippen molar-refractivity contribution in [3.8, 4) is 5.88 Å². The maximum atomic E-state index is 5.74. The second-order valence-corrected chi connectivity index (χ2v) is 3.76. The predicted molar refractivity (Wildman–Crippen MR) is 61.7 cm³/mol. The van der Waals surface area contributed by atoms with Crippen molar-refractivity contribution in [2.24, 2.45) is 0 Å². The van der Waals surface area contributed by atoms with Gasteiger partial charge < -0.3 is 15.9 Å². The number of hydrogen-bond acceptors (Lipinski definition) is 5. The molecule has 0 aliphatic carbocycles. The third-order valence-corrected chi connectivity index (χ3v) is 1.58. The normalized spacial score (nSPS) is 10.8. The van der Waals surface area contributed by atoms with Gasteiger partial charge >= 0.3 is 0 Å². The summed E-state index contributed by atoms with van der Waals surface area (Å²) in [7, 11) is 3.78. The molecule has 0 aromatic carbocycles. The topological polar surface area (TPSA) is 63.4 Å². The van der Waals surface area contributed by atoms with E-state index in [2.05, 4.69) is 10.4 Å². The summed E-state index contributed by atoms with van der Waals surface area (Å²) >= 11 is 0. The van der Waals surface area contributed by atoms with Crippen LogP contribution in [0.5, 0.6) is 5.88 Å². The number of nitrogens with two attached hydrogens (primary N) is 1. The van der Waals surface area contributed by atoms with Crippen molar-refractivity contribution in [2.45, 2.75) is 20.0 Å². The number of rotatable bonds is 4. The Morgan fingerprint density at radius 2 is 2.07 bits per heavy atom. The van der Waals surface area contributed by atoms with Crippen LogP contribution in [0.2, 0.25) is 0 Å². The summed E-state index contributed by atoms with van der Waals surface area (Å²) in [6.45, 7) is 3.88. The van der Waals surface area contributed by atoms with Crippen molar-refractivity contribution in [3.63, 3.8) is 0 Å². The van der Waals surface area contributed by atoms with Gasteiger partial charge in [0, 0.05) is 14.1 Å². The lowest BCUT2D eigenvalue weighted by molar-refractivity contribution is 0.234. The Morgan fingerprint density at radius 1 is 1.40 bits per heavy atom. The fourth-order valence-electron chi connectivity index (χ4n) is 1.06. The van der Waals surface area contributed by atoms with Crippen LogP contribution in [0.4, 0.5) is 11.5 Å². The number of hydrazine groups is 1. The summed E-state index contributed by atoms with van der Waals surface area (Å²) in [4.78, 5) is 4.25. The molecule has 0 radical (unpaired) electrons. The number of ether oxygens (including phenoxy) is 1. The highest BCUT2D eigenvalue weighted by atomic mass is 16.5. The zero-order valence-electron chi connectivity index (χ0n) is 9.61. The van der Waals surface area contributed by atoms with E-state index < -0.39 is 0 Å². The van der Waals surface area contributed by atoms with Crippen molar-refractivity contribution >= 4 is 11.5 Å². The highest BCUT2D eigenvalue weighted by Gasteiger charge is 2.06. The summed E-state index contributed by atoms with van der Waals surface area (Å²) in [5.41, 5.74) is 9.32. The molecule has 1 rings (SSSR count). The molecular weight excluding hydrogens is 192 g/mol. The zero-order valence-corrected chi connectivity index (χ0v) is 9.61. The molecule has 0 saturated carbocycles. The second-order valence-electron chi connectivity index (χ2n) is 3.76. The number of aromatic nitrogens is 1. The number of hydrogen-bond donors (Lipinski definition) is 2. The van der Waals surface area contributed by atoms with Gasteiger partial charge in [-0.2, -0.15) is 4.98 Å². The lowest BCUT2D eigenvalue weighted by Crippen LogP contribution is -2.20. The van der Waals surface area contributed by atoms with E-state index in [1.165, 1.54) is 0 Å². The van der Waals surface area contributed by atoms with Crippen LogP contribution in [0.3, 0.4) is 0 Å². The number of pyridine rings is 1. The molecule has 0 unspecified atom stereocenters. The van der Waals surface area contributed by atoms with Gasteiger partial charge in [0.25, 0.3) is 0 Å². The number of nitrogen functional groups attached to an aromatic ring is 1. The summed E-state index contributed by atoms with van der Waals surface area (Å²) in [5, 5.41) is 1.80. The molecule has 0 bridgehead atoms. The first kappa shape index (κ1) is 11.6. The molecule has 0 saturated heterocycles. The van der Waals surface area contributed by atoms with Gasteiger partial charge in [-0.1, -0.05) is 0 Å². The second kappa shape index (κ2) is 4.84. The molecule has 15 heavy (non-hydrogen) atoms. The Morgan fingerprint density at radius 3 is 2.60 bits per heavy atom. The lowest BCUT2D eigenvalue weighted by Gasteiger charge is -2.15. The fraction of sp³-hybridized carbons (Fsp3) is 0.500. The lowest BCUT2D eigenvalue weighted by atomic mass is 10.4. The molecule has 1 aromatic heterocycles. The molecule has 0 atom stereocenters. The van der Waals surface area contributed by atoms with Gasteiger partial charge in [0.1, 0.15) is 5.82 Å². The van der Waals surface area contributed by atoms with E-state index in [-0.39, 0.29) is 6.10 Å². The predicted octanol–water partition coefficient (Wildman–Crippen LogP) is 1.34. The molecule has 1 aromatic rings. The Kier molecular flexibility index (Phi) is 3.74. The average molecular weight is 210 g/mol. The van der Waals surface area contributed by atoms with E-state index >= 15 is 0 Å². The van der Waals surface area contributed by atoms with Gasteiger partial charge in [0.05, 0.1) is 11.8 Å². The van der Waals surface area contributed by atoms with Crippen molar-refractivity contribution < 1.29 is 4.74 Å². The molecule has 0 spiro atoms. The van der Waals surface area contributed by atoms with E-state index in [0.29, 0.717) is 17.4 Å². The molecule has 5 heteroatoms. The van der Waals surface area contributed by atoms with Crippen LogP contribution >= 0.6 is 0 Å². The Hall–Kier alpha value is -1.49. The summed E-state index contributed by atoms with van der Waals surface area (Å²) in [5.74, 6) is 1.18. The van der Waals surface area contributed by atoms with Crippen molar-refractivity contribution in [1.82, 2.24) is 9.99 Å². The maximum absolute atomic E-state index is 5.74. The van der Waals surface area contributed by atoms with Crippen molar-refractivity contribution in [3.05, 3.63) is 12.1 Å². The third kappa shape index (κ3) is 3.63. The van der Waals surface area contributed by atoms with Gasteiger partial charge in [0.2, 0.25) is 5.88 Å². The first-order valence-electron chi connectivity index (χ1n) is 4.86. The number of anilines is 2. The first-order valence-corrected chi connectivity index (χ1v) is 4.86.